The Kier molecular flexibility index (Phi) is 3.87. The van der Waals surface area contributed by atoms with Crippen LogP contribution in [0.25, 0.3) is 0 Å². The fraction of sp³-hybridized carbons (Fsp3) is 0. The van der Waals surface area contributed by atoms with Crippen LogP contribution in [-0.4, -0.2) is 22.0 Å². The summed E-state index contributed by atoms with van der Waals surface area (Å²) >= 11 is 11.1. The summed E-state index contributed by atoms with van der Waals surface area (Å²) in [7, 11) is 0. The molecular weight excluding hydrogens is 277 g/mol. The van der Waals surface area contributed by atoms with Gasteiger partial charge in [0.15, 0.2) is 5.75 Å². The van der Waals surface area contributed by atoms with Gasteiger partial charge in [-0.3, -0.25) is 10.1 Å². The van der Waals surface area contributed by atoms with Gasteiger partial charge in [0.2, 0.25) is 0 Å². The van der Waals surface area contributed by atoms with Crippen molar-refractivity contribution in [3.63, 3.8) is 0 Å². The zero-order valence-electron chi connectivity index (χ0n) is 7.85. The average molecular weight is 280 g/mol. The molecule has 0 unspecified atom stereocenters. The van der Waals surface area contributed by atoms with Gasteiger partial charge in [0.1, 0.15) is 0 Å². The molecule has 0 atom stereocenters. The molecule has 0 saturated heterocycles. The Labute approximate surface area is 104 Å². The summed E-state index contributed by atoms with van der Waals surface area (Å²) in [5.41, 5.74) is -0.407. The van der Waals surface area contributed by atoms with Gasteiger partial charge in [-0.05, 0) is 0 Å². The van der Waals surface area contributed by atoms with Gasteiger partial charge in [-0.25, -0.2) is 9.59 Å². The summed E-state index contributed by atoms with van der Waals surface area (Å²) in [6.45, 7) is 0. The number of hydrogen-bond acceptors (Lipinski definition) is 5. The van der Waals surface area contributed by atoms with E-state index in [1.165, 1.54) is 0 Å². The maximum atomic E-state index is 10.8. The van der Waals surface area contributed by atoms with Crippen molar-refractivity contribution in [3.8, 4) is 5.75 Å². The van der Waals surface area contributed by atoms with Crippen molar-refractivity contribution in [1.82, 2.24) is 0 Å². The highest BCUT2D eigenvalue weighted by Crippen LogP contribution is 2.36. The van der Waals surface area contributed by atoms with E-state index in [1.54, 1.807) is 0 Å². The van der Waals surface area contributed by atoms with Crippen LogP contribution in [-0.2, 0) is 9.59 Å². The van der Waals surface area contributed by atoms with E-state index in [9.17, 15) is 19.7 Å². The average Bonchev–Trinajstić information content (AvgIpc) is 2.22. The molecule has 0 amide bonds. The van der Waals surface area contributed by atoms with Crippen LogP contribution in [0.15, 0.2) is 12.1 Å². The predicted molar refractivity (Wildman–Crippen MR) is 56.4 cm³/mol. The summed E-state index contributed by atoms with van der Waals surface area (Å²) in [5.74, 6) is -3.87. The molecule has 0 fully saturated rings. The minimum absolute atomic E-state index is 0.334. The molecule has 0 saturated carbocycles. The van der Waals surface area contributed by atoms with Crippen LogP contribution in [0, 0.1) is 10.1 Å². The van der Waals surface area contributed by atoms with Crippen molar-refractivity contribution in [2.75, 3.05) is 0 Å². The van der Waals surface area contributed by atoms with Gasteiger partial charge in [-0.2, -0.15) is 0 Å². The van der Waals surface area contributed by atoms with Crippen LogP contribution in [0.2, 0.25) is 10.0 Å². The van der Waals surface area contributed by atoms with Gasteiger partial charge < -0.3 is 9.84 Å². The second kappa shape index (κ2) is 4.98. The first-order chi connectivity index (χ1) is 7.82. The third-order valence-electron chi connectivity index (χ3n) is 1.56. The Morgan fingerprint density at radius 1 is 1.29 bits per heavy atom. The minimum atomic E-state index is -1.84. The standard InChI is InChI=1S/C8H3Cl2NO6/c9-4-1-3(11(15)16)2-5(10)6(4)17-8(14)7(12)13/h1-2H,(H,12,13). The highest BCUT2D eigenvalue weighted by Gasteiger charge is 2.21. The maximum absolute atomic E-state index is 10.8. The number of hydrogen-bond donors (Lipinski definition) is 1. The SMILES string of the molecule is O=C(O)C(=O)Oc1c(Cl)cc([N+](=O)[O-])cc1Cl. The highest BCUT2D eigenvalue weighted by atomic mass is 35.5. The monoisotopic (exact) mass is 279 g/mol. The number of carboxylic acid groups (broad SMARTS) is 1. The Morgan fingerprint density at radius 2 is 1.76 bits per heavy atom. The number of aliphatic carboxylic acids is 1. The van der Waals surface area contributed by atoms with Gasteiger partial charge in [-0.1, -0.05) is 23.2 Å². The van der Waals surface area contributed by atoms with Crippen LogP contribution in [0.5, 0.6) is 5.75 Å². The molecule has 1 aromatic carbocycles. The molecule has 0 aromatic heterocycles. The van der Waals surface area contributed by atoms with E-state index in [-0.39, 0.29) is 10.0 Å². The number of nitro benzene ring substituents is 1. The lowest BCUT2D eigenvalue weighted by Crippen LogP contribution is -2.19. The lowest BCUT2D eigenvalue weighted by Gasteiger charge is -2.05. The van der Waals surface area contributed by atoms with Crippen molar-refractivity contribution in [2.45, 2.75) is 0 Å². The van der Waals surface area contributed by atoms with Crippen molar-refractivity contribution in [3.05, 3.63) is 32.3 Å². The van der Waals surface area contributed by atoms with Crippen molar-refractivity contribution >= 4 is 40.8 Å². The summed E-state index contributed by atoms with van der Waals surface area (Å²) in [6.07, 6.45) is 0. The fourth-order valence-corrected chi connectivity index (χ4v) is 1.44. The van der Waals surface area contributed by atoms with Crippen LogP contribution >= 0.6 is 23.2 Å². The molecule has 0 spiro atoms. The molecule has 1 rings (SSSR count). The molecule has 1 N–H and O–H groups in total. The van der Waals surface area contributed by atoms with E-state index in [1.807, 2.05) is 0 Å². The quantitative estimate of drug-likeness (QED) is 0.291. The lowest BCUT2D eigenvalue weighted by atomic mass is 10.3. The number of carbonyl (C=O) groups excluding carboxylic acids is 1. The Morgan fingerprint density at radius 3 is 2.12 bits per heavy atom. The topological polar surface area (TPSA) is 107 Å². The number of non-ortho nitro benzene ring substituents is 1. The third kappa shape index (κ3) is 3.05. The van der Waals surface area contributed by atoms with Crippen molar-refractivity contribution in [1.29, 1.82) is 0 Å². The highest BCUT2D eigenvalue weighted by molar-refractivity contribution is 6.38. The van der Waals surface area contributed by atoms with Gasteiger partial charge in [0.25, 0.3) is 5.69 Å². The molecule has 0 aliphatic carbocycles. The van der Waals surface area contributed by atoms with Crippen LogP contribution < -0.4 is 4.74 Å². The smallest absolute Gasteiger partial charge is 0.422 e. The van der Waals surface area contributed by atoms with Crippen LogP contribution in [0.1, 0.15) is 0 Å². The Bertz CT molecular complexity index is 492. The summed E-state index contributed by atoms with van der Waals surface area (Å²) in [6, 6.07) is 1.77. The first-order valence-electron chi connectivity index (χ1n) is 3.91. The van der Waals surface area contributed by atoms with Gasteiger partial charge in [0, 0.05) is 12.1 Å². The number of nitrogens with zero attached hydrogens (tertiary/aromatic N) is 1. The van der Waals surface area contributed by atoms with Crippen LogP contribution in [0.4, 0.5) is 5.69 Å². The number of carboxylic acids is 1. The molecule has 0 radical (unpaired) electrons. The Balaban J connectivity index is 3.14. The molecule has 17 heavy (non-hydrogen) atoms. The molecule has 0 heterocycles. The van der Waals surface area contributed by atoms with E-state index >= 15 is 0 Å². The number of esters is 1. The molecule has 90 valence electrons. The van der Waals surface area contributed by atoms with Gasteiger partial charge >= 0.3 is 11.9 Å². The van der Waals surface area contributed by atoms with E-state index in [2.05, 4.69) is 4.74 Å². The molecule has 7 nitrogen and oxygen atoms in total. The van der Waals surface area contributed by atoms with E-state index < -0.39 is 28.3 Å². The minimum Gasteiger partial charge on any atom is -0.473 e. The number of rotatable bonds is 2. The zero-order chi connectivity index (χ0) is 13.2. The largest absolute Gasteiger partial charge is 0.473 e. The number of benzene rings is 1. The fourth-order valence-electron chi connectivity index (χ4n) is 0.886. The number of ether oxygens (including phenoxy) is 1. The second-order valence-corrected chi connectivity index (χ2v) is 3.50. The second-order valence-electron chi connectivity index (χ2n) is 2.69. The van der Waals surface area contributed by atoms with E-state index in [0.717, 1.165) is 12.1 Å². The maximum Gasteiger partial charge on any atom is 0.422 e. The molecule has 0 aliphatic rings. The van der Waals surface area contributed by atoms with Crippen molar-refractivity contribution in [2.24, 2.45) is 0 Å². The van der Waals surface area contributed by atoms with Crippen molar-refractivity contribution < 1.29 is 24.4 Å². The van der Waals surface area contributed by atoms with E-state index in [4.69, 9.17) is 28.3 Å². The molecule has 0 aliphatic heterocycles. The van der Waals surface area contributed by atoms with Crippen LogP contribution in [0.3, 0.4) is 0 Å². The Hall–Kier alpha value is -1.86. The molecule has 0 bridgehead atoms. The molecule has 9 heteroatoms. The molecule has 1 aromatic rings. The first-order valence-corrected chi connectivity index (χ1v) is 4.67. The predicted octanol–water partition coefficient (Wildman–Crippen LogP) is 1.89. The summed E-state index contributed by atoms with van der Waals surface area (Å²) < 4.78 is 4.35. The third-order valence-corrected chi connectivity index (χ3v) is 2.12. The first kappa shape index (κ1) is 13.2. The van der Waals surface area contributed by atoms with Gasteiger partial charge in [-0.15, -0.1) is 0 Å². The number of halogens is 2. The zero-order valence-corrected chi connectivity index (χ0v) is 9.36. The van der Waals surface area contributed by atoms with E-state index in [0.29, 0.717) is 0 Å². The summed E-state index contributed by atoms with van der Waals surface area (Å²) in [5, 5.41) is 18.1. The van der Waals surface area contributed by atoms with Gasteiger partial charge in [0.05, 0.1) is 15.0 Å². The molecular formula is C8H3Cl2NO6. The normalized spacial score (nSPS) is 9.76. The number of carbonyl (C=O) groups is 2. The number of nitro groups is 1. The summed E-state index contributed by atoms with van der Waals surface area (Å²) in [4.78, 5) is 30.7. The lowest BCUT2D eigenvalue weighted by molar-refractivity contribution is -0.384.